The van der Waals surface area contributed by atoms with Crippen molar-refractivity contribution in [1.29, 1.82) is 0 Å². The van der Waals surface area contributed by atoms with Crippen molar-refractivity contribution < 1.29 is 0 Å². The Kier molecular flexibility index (Phi) is 8.40. The third-order valence-electron chi connectivity index (χ3n) is 3.78. The van der Waals surface area contributed by atoms with Gasteiger partial charge in [0.15, 0.2) is 11.1 Å². The molecule has 2 N–H and O–H groups in total. The first-order valence-corrected chi connectivity index (χ1v) is 10.2. The second kappa shape index (κ2) is 10.8. The summed E-state index contributed by atoms with van der Waals surface area (Å²) in [5, 5.41) is 16.3. The number of thioether (sulfide) groups is 1. The molecule has 0 amide bonds. The number of rotatable bonds is 9. The van der Waals surface area contributed by atoms with Crippen molar-refractivity contribution >= 4 is 17.7 Å². The molecule has 0 spiro atoms. The molecule has 26 heavy (non-hydrogen) atoms. The SMILES string of the molecule is CN=C(NCCCc1nnc(SC)n1CC(C)C)NCc1ccccn1. The lowest BCUT2D eigenvalue weighted by Crippen LogP contribution is -2.37. The van der Waals surface area contributed by atoms with Gasteiger partial charge >= 0.3 is 0 Å². The summed E-state index contributed by atoms with van der Waals surface area (Å²) in [6.45, 7) is 6.87. The molecular weight excluding hydrogens is 346 g/mol. The highest BCUT2D eigenvalue weighted by molar-refractivity contribution is 7.98. The van der Waals surface area contributed by atoms with Crippen LogP contribution in [0.25, 0.3) is 0 Å². The smallest absolute Gasteiger partial charge is 0.191 e. The molecule has 2 rings (SSSR count). The van der Waals surface area contributed by atoms with E-state index in [0.29, 0.717) is 12.5 Å². The van der Waals surface area contributed by atoms with Crippen molar-refractivity contribution in [3.8, 4) is 0 Å². The van der Waals surface area contributed by atoms with Gasteiger partial charge in [-0.2, -0.15) is 0 Å². The van der Waals surface area contributed by atoms with Crippen molar-refractivity contribution in [3.63, 3.8) is 0 Å². The summed E-state index contributed by atoms with van der Waals surface area (Å²) in [4.78, 5) is 8.55. The van der Waals surface area contributed by atoms with Gasteiger partial charge in [-0.05, 0) is 30.7 Å². The highest BCUT2D eigenvalue weighted by atomic mass is 32.2. The van der Waals surface area contributed by atoms with Gasteiger partial charge in [-0.3, -0.25) is 9.98 Å². The van der Waals surface area contributed by atoms with E-state index in [1.54, 1.807) is 25.0 Å². The van der Waals surface area contributed by atoms with Crippen molar-refractivity contribution in [3.05, 3.63) is 35.9 Å². The Bertz CT molecular complexity index is 682. The van der Waals surface area contributed by atoms with Gasteiger partial charge in [-0.1, -0.05) is 31.7 Å². The third-order valence-corrected chi connectivity index (χ3v) is 4.45. The Labute approximate surface area is 160 Å². The molecule has 0 saturated carbocycles. The highest BCUT2D eigenvalue weighted by Crippen LogP contribution is 2.16. The highest BCUT2D eigenvalue weighted by Gasteiger charge is 2.12. The molecule has 0 aliphatic carbocycles. The third kappa shape index (κ3) is 6.33. The van der Waals surface area contributed by atoms with E-state index in [1.165, 1.54) is 0 Å². The standard InChI is InChI=1S/C18H29N7S/c1-14(2)13-25-16(23-24-18(25)26-4)9-7-11-21-17(19-3)22-12-15-8-5-6-10-20-15/h5-6,8,10,14H,7,9,11-13H2,1-4H3,(H2,19,21,22). The number of aromatic nitrogens is 4. The van der Waals surface area contributed by atoms with E-state index >= 15 is 0 Å². The summed E-state index contributed by atoms with van der Waals surface area (Å²) in [5.74, 6) is 2.41. The number of aliphatic imine (C=N–C) groups is 1. The van der Waals surface area contributed by atoms with Crippen LogP contribution >= 0.6 is 11.8 Å². The van der Waals surface area contributed by atoms with Gasteiger partial charge in [0.2, 0.25) is 0 Å². The zero-order chi connectivity index (χ0) is 18.8. The fraction of sp³-hybridized carbons (Fsp3) is 0.556. The van der Waals surface area contributed by atoms with Crippen LogP contribution in [0.2, 0.25) is 0 Å². The summed E-state index contributed by atoms with van der Waals surface area (Å²) < 4.78 is 2.24. The molecule has 0 saturated heterocycles. The first-order valence-electron chi connectivity index (χ1n) is 8.94. The van der Waals surface area contributed by atoms with Crippen molar-refractivity contribution in [2.45, 2.75) is 44.9 Å². The van der Waals surface area contributed by atoms with E-state index < -0.39 is 0 Å². The van der Waals surface area contributed by atoms with Gasteiger partial charge < -0.3 is 15.2 Å². The van der Waals surface area contributed by atoms with Crippen LogP contribution in [0.15, 0.2) is 34.5 Å². The van der Waals surface area contributed by atoms with E-state index in [-0.39, 0.29) is 0 Å². The van der Waals surface area contributed by atoms with Gasteiger partial charge in [0.05, 0.1) is 12.2 Å². The quantitative estimate of drug-likeness (QED) is 0.303. The van der Waals surface area contributed by atoms with Crippen molar-refractivity contribution in [1.82, 2.24) is 30.4 Å². The van der Waals surface area contributed by atoms with Crippen LogP contribution in [-0.4, -0.2) is 45.6 Å². The second-order valence-electron chi connectivity index (χ2n) is 6.38. The Morgan fingerprint density at radius 3 is 2.77 bits per heavy atom. The Balaban J connectivity index is 1.77. The van der Waals surface area contributed by atoms with E-state index in [1.807, 2.05) is 24.5 Å². The molecule has 8 heteroatoms. The predicted octanol–water partition coefficient (Wildman–Crippen LogP) is 2.35. The molecule has 0 bridgehead atoms. The van der Waals surface area contributed by atoms with Crippen LogP contribution in [0.1, 0.15) is 31.8 Å². The van der Waals surface area contributed by atoms with Gasteiger partial charge in [0.25, 0.3) is 0 Å². The molecule has 7 nitrogen and oxygen atoms in total. The van der Waals surface area contributed by atoms with E-state index in [9.17, 15) is 0 Å². The fourth-order valence-corrected chi connectivity index (χ4v) is 3.08. The number of aryl methyl sites for hydroxylation is 1. The molecule has 142 valence electrons. The maximum absolute atomic E-state index is 4.36. The molecular formula is C18H29N7S. The number of hydrogen-bond acceptors (Lipinski definition) is 5. The monoisotopic (exact) mass is 375 g/mol. The van der Waals surface area contributed by atoms with Crippen LogP contribution in [0.5, 0.6) is 0 Å². The zero-order valence-corrected chi connectivity index (χ0v) is 16.9. The molecule has 0 atom stereocenters. The molecule has 2 aromatic heterocycles. The van der Waals surface area contributed by atoms with Crippen LogP contribution in [-0.2, 0) is 19.5 Å². The minimum absolute atomic E-state index is 0.573. The first-order chi connectivity index (χ1) is 12.6. The van der Waals surface area contributed by atoms with E-state index in [0.717, 1.165) is 48.6 Å². The maximum atomic E-state index is 4.36. The van der Waals surface area contributed by atoms with Gasteiger partial charge in [0.1, 0.15) is 5.82 Å². The van der Waals surface area contributed by atoms with Crippen LogP contribution in [0, 0.1) is 5.92 Å². The number of nitrogens with zero attached hydrogens (tertiary/aromatic N) is 5. The molecule has 0 aromatic carbocycles. The number of guanidine groups is 1. The number of nitrogens with one attached hydrogen (secondary N) is 2. The maximum Gasteiger partial charge on any atom is 0.191 e. The van der Waals surface area contributed by atoms with Crippen LogP contribution in [0.4, 0.5) is 0 Å². The molecule has 0 unspecified atom stereocenters. The molecule has 0 aliphatic rings. The van der Waals surface area contributed by atoms with Crippen molar-refractivity contribution in [2.24, 2.45) is 10.9 Å². The minimum atomic E-state index is 0.573. The number of hydrogen-bond donors (Lipinski definition) is 2. The normalized spacial score (nSPS) is 11.8. The molecule has 2 aromatic rings. The second-order valence-corrected chi connectivity index (χ2v) is 7.16. The van der Waals surface area contributed by atoms with Gasteiger partial charge in [-0.15, -0.1) is 10.2 Å². The summed E-state index contributed by atoms with van der Waals surface area (Å²) in [5.41, 5.74) is 0.988. The van der Waals surface area contributed by atoms with E-state index in [4.69, 9.17) is 0 Å². The topological polar surface area (TPSA) is 80.0 Å². The van der Waals surface area contributed by atoms with Crippen molar-refractivity contribution in [2.75, 3.05) is 19.8 Å². The Hall–Kier alpha value is -2.09. The summed E-state index contributed by atoms with van der Waals surface area (Å²) in [6.07, 6.45) is 5.70. The minimum Gasteiger partial charge on any atom is -0.356 e. The number of pyridine rings is 1. The van der Waals surface area contributed by atoms with Gasteiger partial charge in [-0.25, -0.2) is 0 Å². The summed E-state index contributed by atoms with van der Waals surface area (Å²) >= 11 is 1.65. The average molecular weight is 376 g/mol. The summed E-state index contributed by atoms with van der Waals surface area (Å²) in [7, 11) is 1.78. The molecule has 0 fully saturated rings. The first kappa shape index (κ1) is 20.2. The van der Waals surface area contributed by atoms with Crippen LogP contribution in [0.3, 0.4) is 0 Å². The van der Waals surface area contributed by atoms with Gasteiger partial charge in [0, 0.05) is 32.8 Å². The Morgan fingerprint density at radius 2 is 2.12 bits per heavy atom. The Morgan fingerprint density at radius 1 is 1.27 bits per heavy atom. The largest absolute Gasteiger partial charge is 0.356 e. The van der Waals surface area contributed by atoms with E-state index in [2.05, 4.69) is 49.2 Å². The molecule has 0 aliphatic heterocycles. The zero-order valence-electron chi connectivity index (χ0n) is 16.1. The summed E-state index contributed by atoms with van der Waals surface area (Å²) in [6, 6.07) is 5.89. The lowest BCUT2D eigenvalue weighted by molar-refractivity contribution is 0.477. The predicted molar refractivity (Wildman–Crippen MR) is 107 cm³/mol. The molecule has 0 radical (unpaired) electrons. The molecule has 2 heterocycles. The lowest BCUT2D eigenvalue weighted by atomic mass is 10.2. The average Bonchev–Trinajstić information content (AvgIpc) is 3.03. The van der Waals surface area contributed by atoms with Crippen LogP contribution < -0.4 is 10.6 Å². The lowest BCUT2D eigenvalue weighted by Gasteiger charge is -2.13. The fourth-order valence-electron chi connectivity index (χ4n) is 2.55.